The molecule has 0 heterocycles. The lowest BCUT2D eigenvalue weighted by molar-refractivity contribution is -0.116. The average molecular weight is 217 g/mol. The number of carbonyl (C=O) groups is 1. The zero-order valence-corrected chi connectivity index (χ0v) is 9.07. The van der Waals surface area contributed by atoms with Gasteiger partial charge in [0.05, 0.1) is 0 Å². The molecule has 0 saturated heterocycles. The zero-order valence-electron chi connectivity index (χ0n) is 9.07. The molecule has 0 bridgehead atoms. The smallest absolute Gasteiger partial charge is 0.160 e. The number of allylic oxidation sites excluding steroid dienone is 1. The van der Waals surface area contributed by atoms with Crippen LogP contribution in [0.15, 0.2) is 36.0 Å². The maximum absolute atomic E-state index is 11.5. The van der Waals surface area contributed by atoms with Crippen LogP contribution >= 0.6 is 0 Å². The summed E-state index contributed by atoms with van der Waals surface area (Å²) in [5.41, 5.74) is 1.75. The number of nitrogens with one attached hydrogen (secondary N) is 1. The molecule has 0 spiro atoms. The number of hydrogen-bond donors (Lipinski definition) is 2. The van der Waals surface area contributed by atoms with E-state index in [0.29, 0.717) is 6.42 Å². The van der Waals surface area contributed by atoms with Gasteiger partial charge < -0.3 is 10.4 Å². The van der Waals surface area contributed by atoms with Crippen LogP contribution in [-0.2, 0) is 4.79 Å². The molecule has 1 aliphatic rings. The molecule has 0 atom stereocenters. The molecule has 0 aliphatic heterocycles. The van der Waals surface area contributed by atoms with E-state index < -0.39 is 0 Å². The number of benzene rings is 1. The lowest BCUT2D eigenvalue weighted by Crippen LogP contribution is -2.09. The predicted molar refractivity (Wildman–Crippen MR) is 63.3 cm³/mol. The largest absolute Gasteiger partial charge is 0.508 e. The third-order valence-electron chi connectivity index (χ3n) is 2.74. The van der Waals surface area contributed by atoms with Gasteiger partial charge in [0, 0.05) is 23.9 Å². The number of hydrogen-bond acceptors (Lipinski definition) is 3. The van der Waals surface area contributed by atoms with Gasteiger partial charge in [-0.1, -0.05) is 0 Å². The normalized spacial score (nSPS) is 18.8. The second-order valence-electron chi connectivity index (χ2n) is 3.99. The summed E-state index contributed by atoms with van der Waals surface area (Å²) >= 11 is 0. The van der Waals surface area contributed by atoms with E-state index in [2.05, 4.69) is 5.32 Å². The Hall–Kier alpha value is -1.77. The van der Waals surface area contributed by atoms with E-state index in [4.69, 9.17) is 5.11 Å². The highest BCUT2D eigenvalue weighted by atomic mass is 16.3. The molecular formula is C13H15NO2. The van der Waals surface area contributed by atoms with Gasteiger partial charge >= 0.3 is 0 Å². The molecule has 0 aromatic heterocycles. The van der Waals surface area contributed by atoms with Crippen LogP contribution in [0.5, 0.6) is 5.75 Å². The molecular weight excluding hydrogens is 202 g/mol. The molecule has 3 heteroatoms. The summed E-state index contributed by atoms with van der Waals surface area (Å²) in [6.07, 6.45) is 5.42. The molecule has 1 saturated carbocycles. The van der Waals surface area contributed by atoms with Crippen molar-refractivity contribution >= 4 is 11.5 Å². The predicted octanol–water partition coefficient (Wildman–Crippen LogP) is 2.83. The topological polar surface area (TPSA) is 49.3 Å². The van der Waals surface area contributed by atoms with Gasteiger partial charge in [0.1, 0.15) is 5.75 Å². The summed E-state index contributed by atoms with van der Waals surface area (Å²) < 4.78 is 0. The van der Waals surface area contributed by atoms with Crippen LogP contribution in [0.3, 0.4) is 0 Å². The van der Waals surface area contributed by atoms with E-state index in [0.717, 1.165) is 30.5 Å². The maximum Gasteiger partial charge on any atom is 0.160 e. The molecule has 3 nitrogen and oxygen atoms in total. The van der Waals surface area contributed by atoms with E-state index in [1.807, 2.05) is 0 Å². The van der Waals surface area contributed by atoms with Gasteiger partial charge in [-0.05, 0) is 43.5 Å². The van der Waals surface area contributed by atoms with Crippen LogP contribution in [0.2, 0.25) is 0 Å². The molecule has 0 radical (unpaired) electrons. The second-order valence-corrected chi connectivity index (χ2v) is 3.99. The van der Waals surface area contributed by atoms with E-state index in [1.165, 1.54) is 0 Å². The highest BCUT2D eigenvalue weighted by Crippen LogP contribution is 2.20. The number of phenols is 1. The van der Waals surface area contributed by atoms with Crippen LogP contribution in [0.25, 0.3) is 0 Å². The summed E-state index contributed by atoms with van der Waals surface area (Å²) in [5, 5.41) is 12.2. The van der Waals surface area contributed by atoms with E-state index in [1.54, 1.807) is 30.5 Å². The second kappa shape index (κ2) is 4.84. The Bertz CT molecular complexity index is 406. The van der Waals surface area contributed by atoms with Crippen molar-refractivity contribution in [2.45, 2.75) is 25.7 Å². The minimum Gasteiger partial charge on any atom is -0.508 e. The summed E-state index contributed by atoms with van der Waals surface area (Å²) in [6.45, 7) is 0. The number of aromatic hydroxyl groups is 1. The van der Waals surface area contributed by atoms with Crippen molar-refractivity contribution in [3.63, 3.8) is 0 Å². The van der Waals surface area contributed by atoms with Gasteiger partial charge in [-0.25, -0.2) is 0 Å². The minimum absolute atomic E-state index is 0.243. The molecule has 1 aromatic rings. The van der Waals surface area contributed by atoms with Crippen molar-refractivity contribution in [2.75, 3.05) is 5.32 Å². The SMILES string of the molecule is O=C1CCCCC1=CNc1ccc(O)cc1. The van der Waals surface area contributed by atoms with Crippen LogP contribution in [0.1, 0.15) is 25.7 Å². The highest BCUT2D eigenvalue weighted by Gasteiger charge is 2.14. The minimum atomic E-state index is 0.243. The fourth-order valence-electron chi connectivity index (χ4n) is 1.78. The number of carbonyl (C=O) groups excluding carboxylic acids is 1. The summed E-state index contributed by atoms with van der Waals surface area (Å²) in [5.74, 6) is 0.490. The molecule has 0 unspecified atom stereocenters. The lowest BCUT2D eigenvalue weighted by Gasteiger charge is -2.12. The number of rotatable bonds is 2. The maximum atomic E-state index is 11.5. The Balaban J connectivity index is 2.02. The molecule has 2 N–H and O–H groups in total. The summed E-state index contributed by atoms with van der Waals surface area (Å²) in [4.78, 5) is 11.5. The third-order valence-corrected chi connectivity index (χ3v) is 2.74. The molecule has 16 heavy (non-hydrogen) atoms. The molecule has 0 amide bonds. The van der Waals surface area contributed by atoms with E-state index in [9.17, 15) is 4.79 Å². The standard InChI is InChI=1S/C13H15NO2/c15-12-7-5-11(6-8-12)14-9-10-3-1-2-4-13(10)16/h5-9,14-15H,1-4H2. The number of Topliss-reactive ketones (excluding diaryl/α,β-unsaturated/α-hetero) is 1. The van der Waals surface area contributed by atoms with E-state index in [-0.39, 0.29) is 11.5 Å². The van der Waals surface area contributed by atoms with Crippen LogP contribution < -0.4 is 5.32 Å². The molecule has 1 fully saturated rings. The van der Waals surface area contributed by atoms with E-state index >= 15 is 0 Å². The molecule has 1 aromatic carbocycles. The van der Waals surface area contributed by atoms with Gasteiger partial charge in [-0.2, -0.15) is 0 Å². The van der Waals surface area contributed by atoms with Crippen molar-refractivity contribution in [2.24, 2.45) is 0 Å². The first-order valence-electron chi connectivity index (χ1n) is 5.53. The van der Waals surface area contributed by atoms with Crippen molar-refractivity contribution in [3.05, 3.63) is 36.0 Å². The van der Waals surface area contributed by atoms with Gasteiger partial charge in [0.25, 0.3) is 0 Å². The molecule has 1 aliphatic carbocycles. The van der Waals surface area contributed by atoms with Gasteiger partial charge in [-0.3, -0.25) is 4.79 Å². The van der Waals surface area contributed by atoms with Crippen LogP contribution in [0, 0.1) is 0 Å². The van der Waals surface area contributed by atoms with Gasteiger partial charge in [0.2, 0.25) is 0 Å². The Kier molecular flexibility index (Phi) is 3.25. The summed E-state index contributed by atoms with van der Waals surface area (Å²) in [7, 11) is 0. The van der Waals surface area contributed by atoms with Crippen LogP contribution in [-0.4, -0.2) is 10.9 Å². The molecule has 84 valence electrons. The zero-order chi connectivity index (χ0) is 11.4. The monoisotopic (exact) mass is 217 g/mol. The van der Waals surface area contributed by atoms with Crippen molar-refractivity contribution in [1.82, 2.24) is 0 Å². The van der Waals surface area contributed by atoms with Crippen molar-refractivity contribution < 1.29 is 9.90 Å². The third kappa shape index (κ3) is 2.63. The van der Waals surface area contributed by atoms with Crippen molar-refractivity contribution in [3.8, 4) is 5.75 Å². The lowest BCUT2D eigenvalue weighted by atomic mass is 9.94. The number of phenolic OH excluding ortho intramolecular Hbond substituents is 1. The Labute approximate surface area is 94.8 Å². The number of ketones is 1. The average Bonchev–Trinajstić information content (AvgIpc) is 2.30. The number of anilines is 1. The quantitative estimate of drug-likeness (QED) is 0.591. The van der Waals surface area contributed by atoms with Gasteiger partial charge in [-0.15, -0.1) is 0 Å². The Morgan fingerprint density at radius 1 is 1.12 bits per heavy atom. The molecule has 2 rings (SSSR count). The first-order chi connectivity index (χ1) is 7.75. The fourth-order valence-corrected chi connectivity index (χ4v) is 1.78. The fraction of sp³-hybridized carbons (Fsp3) is 0.308. The summed E-state index contributed by atoms with van der Waals surface area (Å²) in [6, 6.07) is 6.78. The first kappa shape index (κ1) is 10.7. The first-order valence-corrected chi connectivity index (χ1v) is 5.53. The Morgan fingerprint density at radius 3 is 2.50 bits per heavy atom. The van der Waals surface area contributed by atoms with Crippen LogP contribution in [0.4, 0.5) is 5.69 Å². The highest BCUT2D eigenvalue weighted by molar-refractivity contribution is 5.96. The van der Waals surface area contributed by atoms with Gasteiger partial charge in [0.15, 0.2) is 5.78 Å². The Morgan fingerprint density at radius 2 is 1.81 bits per heavy atom. The van der Waals surface area contributed by atoms with Crippen molar-refractivity contribution in [1.29, 1.82) is 0 Å².